The van der Waals surface area contributed by atoms with Crippen LogP contribution in [-0.4, -0.2) is 34.3 Å². The Balaban J connectivity index is 1.94. The Morgan fingerprint density at radius 3 is 2.52 bits per heavy atom. The molecule has 0 fully saturated rings. The van der Waals surface area contributed by atoms with Gasteiger partial charge < -0.3 is 10.2 Å². The average Bonchev–Trinajstić information content (AvgIpc) is 2.81. The van der Waals surface area contributed by atoms with E-state index in [1.54, 1.807) is 4.90 Å². The van der Waals surface area contributed by atoms with Gasteiger partial charge in [-0.05, 0) is 57.0 Å². The van der Waals surface area contributed by atoms with Crippen molar-refractivity contribution in [1.82, 2.24) is 14.7 Å². The number of halogens is 1. The Kier molecular flexibility index (Phi) is 5.82. The Bertz CT molecular complexity index is 679. The predicted molar refractivity (Wildman–Crippen MR) is 96.9 cm³/mol. The molecule has 23 heavy (non-hydrogen) atoms. The quantitative estimate of drug-likeness (QED) is 0.854. The molecule has 0 unspecified atom stereocenters. The number of hydrogen-bond acceptors (Lipinski definition) is 2. The van der Waals surface area contributed by atoms with Crippen molar-refractivity contribution in [2.75, 3.05) is 18.9 Å². The molecule has 0 saturated carbocycles. The van der Waals surface area contributed by atoms with Gasteiger partial charge in [-0.15, -0.1) is 0 Å². The van der Waals surface area contributed by atoms with Gasteiger partial charge in [-0.3, -0.25) is 4.68 Å². The third-order valence-corrected chi connectivity index (χ3v) is 4.50. The van der Waals surface area contributed by atoms with Crippen molar-refractivity contribution in [2.24, 2.45) is 0 Å². The molecular formula is C17H23BrN4O. The lowest BCUT2D eigenvalue weighted by molar-refractivity contribution is 0.223. The van der Waals surface area contributed by atoms with E-state index in [4.69, 9.17) is 0 Å². The van der Waals surface area contributed by atoms with Gasteiger partial charge in [-0.1, -0.05) is 15.9 Å². The van der Waals surface area contributed by atoms with Gasteiger partial charge in [-0.25, -0.2) is 4.79 Å². The second kappa shape index (κ2) is 7.64. The summed E-state index contributed by atoms with van der Waals surface area (Å²) < 4.78 is 3.00. The topological polar surface area (TPSA) is 50.2 Å². The minimum Gasteiger partial charge on any atom is -0.327 e. The van der Waals surface area contributed by atoms with E-state index in [-0.39, 0.29) is 6.03 Å². The van der Waals surface area contributed by atoms with Gasteiger partial charge in [0.15, 0.2) is 0 Å². The molecule has 0 aliphatic rings. The number of nitrogens with one attached hydrogen (secondary N) is 1. The third-order valence-electron chi connectivity index (χ3n) is 3.97. The van der Waals surface area contributed by atoms with Crippen LogP contribution in [0.1, 0.15) is 23.9 Å². The fraction of sp³-hybridized carbons (Fsp3) is 0.412. The SMILES string of the molecule is CCn1nc(C)c(CCN(C)C(=O)Nc2ccc(Br)cc2)c1C. The number of urea groups is 1. The highest BCUT2D eigenvalue weighted by molar-refractivity contribution is 9.10. The van der Waals surface area contributed by atoms with E-state index in [9.17, 15) is 4.79 Å². The minimum atomic E-state index is -0.106. The first-order chi connectivity index (χ1) is 10.9. The zero-order valence-corrected chi connectivity index (χ0v) is 15.6. The molecule has 2 aromatic rings. The molecule has 1 aromatic carbocycles. The van der Waals surface area contributed by atoms with Crippen molar-refractivity contribution in [3.63, 3.8) is 0 Å². The van der Waals surface area contributed by atoms with Crippen LogP contribution in [0.3, 0.4) is 0 Å². The van der Waals surface area contributed by atoms with Gasteiger partial charge in [0.05, 0.1) is 5.69 Å². The number of rotatable bonds is 5. The monoisotopic (exact) mass is 378 g/mol. The van der Waals surface area contributed by atoms with Crippen LogP contribution in [0.5, 0.6) is 0 Å². The van der Waals surface area contributed by atoms with E-state index in [1.807, 2.05) is 42.9 Å². The highest BCUT2D eigenvalue weighted by Crippen LogP contribution is 2.16. The number of hydrogen-bond donors (Lipinski definition) is 1. The molecule has 1 heterocycles. The Morgan fingerprint density at radius 1 is 1.30 bits per heavy atom. The molecule has 0 radical (unpaired) electrons. The summed E-state index contributed by atoms with van der Waals surface area (Å²) in [4.78, 5) is 13.9. The summed E-state index contributed by atoms with van der Waals surface area (Å²) in [5.41, 5.74) is 4.25. The van der Waals surface area contributed by atoms with Crippen molar-refractivity contribution in [2.45, 2.75) is 33.7 Å². The molecule has 6 heteroatoms. The van der Waals surface area contributed by atoms with Crippen LogP contribution in [0.15, 0.2) is 28.7 Å². The lowest BCUT2D eigenvalue weighted by Gasteiger charge is -2.18. The molecule has 0 saturated heterocycles. The van der Waals surface area contributed by atoms with Crippen LogP contribution in [-0.2, 0) is 13.0 Å². The van der Waals surface area contributed by atoms with E-state index >= 15 is 0 Å². The van der Waals surface area contributed by atoms with Gasteiger partial charge in [0, 0.05) is 36.0 Å². The van der Waals surface area contributed by atoms with Crippen LogP contribution in [0.25, 0.3) is 0 Å². The van der Waals surface area contributed by atoms with Gasteiger partial charge in [0.25, 0.3) is 0 Å². The number of likely N-dealkylation sites (N-methyl/N-ethyl adjacent to an activating group) is 1. The maximum atomic E-state index is 12.2. The van der Waals surface area contributed by atoms with Crippen LogP contribution >= 0.6 is 15.9 Å². The molecule has 1 N–H and O–H groups in total. The first-order valence-corrected chi connectivity index (χ1v) is 8.52. The summed E-state index contributed by atoms with van der Waals surface area (Å²) in [5, 5.41) is 7.42. The van der Waals surface area contributed by atoms with Crippen LogP contribution in [0.2, 0.25) is 0 Å². The normalized spacial score (nSPS) is 10.7. The zero-order chi connectivity index (χ0) is 17.0. The predicted octanol–water partition coefficient (Wildman–Crippen LogP) is 3.99. The molecule has 0 aliphatic carbocycles. The molecule has 1 aromatic heterocycles. The molecule has 5 nitrogen and oxygen atoms in total. The molecule has 124 valence electrons. The van der Waals surface area contributed by atoms with Gasteiger partial charge in [-0.2, -0.15) is 5.10 Å². The first kappa shape index (κ1) is 17.5. The van der Waals surface area contributed by atoms with Crippen molar-refractivity contribution in [1.29, 1.82) is 0 Å². The van der Waals surface area contributed by atoms with Gasteiger partial charge >= 0.3 is 6.03 Å². The number of benzene rings is 1. The summed E-state index contributed by atoms with van der Waals surface area (Å²) in [7, 11) is 1.81. The third kappa shape index (κ3) is 4.34. The highest BCUT2D eigenvalue weighted by Gasteiger charge is 2.14. The largest absolute Gasteiger partial charge is 0.327 e. The molecule has 0 bridgehead atoms. The second-order valence-corrected chi connectivity index (χ2v) is 6.49. The zero-order valence-electron chi connectivity index (χ0n) is 14.1. The number of nitrogens with zero attached hydrogens (tertiary/aromatic N) is 3. The summed E-state index contributed by atoms with van der Waals surface area (Å²) >= 11 is 3.38. The highest BCUT2D eigenvalue weighted by atomic mass is 79.9. The minimum absolute atomic E-state index is 0.106. The molecule has 0 aliphatic heterocycles. The number of amides is 2. The number of carbonyl (C=O) groups is 1. The number of aromatic nitrogens is 2. The fourth-order valence-electron chi connectivity index (χ4n) is 2.54. The van der Waals surface area contributed by atoms with Crippen molar-refractivity contribution >= 4 is 27.6 Å². The lowest BCUT2D eigenvalue weighted by Crippen LogP contribution is -2.33. The Morgan fingerprint density at radius 2 is 1.96 bits per heavy atom. The molecule has 0 atom stereocenters. The summed E-state index contributed by atoms with van der Waals surface area (Å²) in [6.45, 7) is 7.71. The number of aryl methyl sites for hydroxylation is 2. The molecule has 2 rings (SSSR count). The van der Waals surface area contributed by atoms with Crippen LogP contribution < -0.4 is 5.32 Å². The van der Waals surface area contributed by atoms with E-state index in [0.717, 1.165) is 28.8 Å². The summed E-state index contributed by atoms with van der Waals surface area (Å²) in [6, 6.07) is 7.44. The van der Waals surface area contributed by atoms with Crippen molar-refractivity contribution in [3.05, 3.63) is 45.7 Å². The lowest BCUT2D eigenvalue weighted by atomic mass is 10.1. The first-order valence-electron chi connectivity index (χ1n) is 7.73. The summed E-state index contributed by atoms with van der Waals surface area (Å²) in [5.74, 6) is 0. The Hall–Kier alpha value is -1.82. The van der Waals surface area contributed by atoms with E-state index in [1.165, 1.54) is 11.3 Å². The van der Waals surface area contributed by atoms with Gasteiger partial charge in [0.2, 0.25) is 0 Å². The fourth-order valence-corrected chi connectivity index (χ4v) is 2.80. The average molecular weight is 379 g/mol. The van der Waals surface area contributed by atoms with E-state index < -0.39 is 0 Å². The maximum Gasteiger partial charge on any atom is 0.321 e. The standard InChI is InChI=1S/C17H23BrN4O/c1-5-22-13(3)16(12(2)20-22)10-11-21(4)17(23)19-15-8-6-14(18)7-9-15/h6-9H,5,10-11H2,1-4H3,(H,19,23). The van der Waals surface area contributed by atoms with E-state index in [0.29, 0.717) is 6.54 Å². The van der Waals surface area contributed by atoms with Gasteiger partial charge in [0.1, 0.15) is 0 Å². The molecule has 0 spiro atoms. The van der Waals surface area contributed by atoms with Crippen LogP contribution in [0.4, 0.5) is 10.5 Å². The van der Waals surface area contributed by atoms with Crippen molar-refractivity contribution < 1.29 is 4.79 Å². The summed E-state index contributed by atoms with van der Waals surface area (Å²) in [6.07, 6.45) is 0.807. The molecule has 2 amide bonds. The smallest absolute Gasteiger partial charge is 0.321 e. The number of anilines is 1. The molecular weight excluding hydrogens is 356 g/mol. The maximum absolute atomic E-state index is 12.2. The van der Waals surface area contributed by atoms with E-state index in [2.05, 4.69) is 40.2 Å². The van der Waals surface area contributed by atoms with Crippen molar-refractivity contribution in [3.8, 4) is 0 Å². The van der Waals surface area contributed by atoms with Crippen LogP contribution in [0, 0.1) is 13.8 Å². The number of carbonyl (C=O) groups excluding carboxylic acids is 1. The Labute approximate surface area is 145 Å². The second-order valence-electron chi connectivity index (χ2n) is 5.57.